The fourth-order valence-electron chi connectivity index (χ4n) is 6.84. The Kier molecular flexibility index (Phi) is 13.5. The summed E-state index contributed by atoms with van der Waals surface area (Å²) in [5.41, 5.74) is 4.31. The molecular formula is C35H55N5O6. The number of aliphatic hydroxyl groups is 1. The third-order valence-corrected chi connectivity index (χ3v) is 9.56. The van der Waals surface area contributed by atoms with Crippen molar-refractivity contribution in [1.29, 1.82) is 0 Å². The number of rotatable bonds is 15. The highest BCUT2D eigenvalue weighted by atomic mass is 16.5. The van der Waals surface area contributed by atoms with Crippen LogP contribution >= 0.6 is 0 Å². The predicted octanol–water partition coefficient (Wildman–Crippen LogP) is 3.02. The lowest BCUT2D eigenvalue weighted by atomic mass is 9.88. The smallest absolute Gasteiger partial charge is 0.253 e. The van der Waals surface area contributed by atoms with Gasteiger partial charge in [0.05, 0.1) is 19.8 Å². The number of benzene rings is 1. The fourth-order valence-corrected chi connectivity index (χ4v) is 6.84. The van der Waals surface area contributed by atoms with Gasteiger partial charge in [-0.05, 0) is 83.7 Å². The van der Waals surface area contributed by atoms with Crippen LogP contribution in [0.25, 0.3) is 0 Å². The molecule has 1 aliphatic heterocycles. The van der Waals surface area contributed by atoms with Crippen LogP contribution in [0.2, 0.25) is 0 Å². The number of methoxy groups -OCH3 is 1. The number of amides is 1. The summed E-state index contributed by atoms with van der Waals surface area (Å²) in [5.74, 6) is 0.277. The molecule has 0 spiro atoms. The standard InChI is InChI=1S/C35H55N5O6/c1-7-40(28-10-8-27(9-11-28)38(5)12-15-44-6)33-20-30(46-23-29(41)22-39-13-16-45-17-14-39)19-31(26(33)4)34(42)36-21-32-24(2)18-25(3)37-35(32)43/h18-20,27-29,41H,7-17,21-23H2,1-6H3,(H,36,42)(H,37,43). The third-order valence-electron chi connectivity index (χ3n) is 9.56. The number of aromatic nitrogens is 1. The number of aromatic amines is 1. The van der Waals surface area contributed by atoms with E-state index >= 15 is 0 Å². The predicted molar refractivity (Wildman–Crippen MR) is 181 cm³/mol. The van der Waals surface area contributed by atoms with Gasteiger partial charge in [0.25, 0.3) is 11.5 Å². The Morgan fingerprint density at radius 2 is 1.83 bits per heavy atom. The zero-order valence-electron chi connectivity index (χ0n) is 28.7. The minimum absolute atomic E-state index is 0.115. The highest BCUT2D eigenvalue weighted by Gasteiger charge is 2.29. The van der Waals surface area contributed by atoms with Crippen LogP contribution in [0, 0.1) is 20.8 Å². The second-order valence-corrected chi connectivity index (χ2v) is 12.8. The number of anilines is 1. The molecule has 256 valence electrons. The topological polar surface area (TPSA) is 120 Å². The van der Waals surface area contributed by atoms with Gasteiger partial charge < -0.3 is 39.4 Å². The zero-order valence-corrected chi connectivity index (χ0v) is 28.7. The van der Waals surface area contributed by atoms with Crippen molar-refractivity contribution in [3.05, 3.63) is 56.5 Å². The van der Waals surface area contributed by atoms with Gasteiger partial charge in [0.15, 0.2) is 0 Å². The average molecular weight is 642 g/mol. The number of ether oxygens (including phenoxy) is 3. The van der Waals surface area contributed by atoms with Crippen LogP contribution in [0.3, 0.4) is 0 Å². The Morgan fingerprint density at radius 3 is 2.48 bits per heavy atom. The Balaban J connectivity index is 1.55. The Hall–Kier alpha value is -2.96. The molecule has 1 amide bonds. The number of aliphatic hydroxyl groups excluding tert-OH is 1. The molecule has 0 radical (unpaired) electrons. The van der Waals surface area contributed by atoms with Gasteiger partial charge in [-0.3, -0.25) is 14.5 Å². The summed E-state index contributed by atoms with van der Waals surface area (Å²) in [5, 5.41) is 13.8. The monoisotopic (exact) mass is 641 g/mol. The molecule has 1 aromatic carbocycles. The molecule has 1 saturated heterocycles. The Morgan fingerprint density at radius 1 is 1.13 bits per heavy atom. The minimum atomic E-state index is -0.677. The number of carbonyl (C=O) groups excluding carboxylic acids is 1. The van der Waals surface area contributed by atoms with Gasteiger partial charge in [-0.2, -0.15) is 0 Å². The zero-order chi connectivity index (χ0) is 33.2. The lowest BCUT2D eigenvalue weighted by molar-refractivity contribution is 0.00465. The van der Waals surface area contributed by atoms with Crippen LogP contribution < -0.4 is 20.5 Å². The van der Waals surface area contributed by atoms with E-state index in [0.717, 1.165) is 81.0 Å². The summed E-state index contributed by atoms with van der Waals surface area (Å²) in [4.78, 5) is 36.2. The summed E-state index contributed by atoms with van der Waals surface area (Å²) in [6.45, 7) is 14.0. The van der Waals surface area contributed by atoms with Crippen LogP contribution in [0.15, 0.2) is 23.0 Å². The number of β-amino-alcohol motifs (C(OH)–C–C–N with tert-alkyl or cyclic N) is 1. The lowest BCUT2D eigenvalue weighted by Gasteiger charge is -2.41. The number of morpholine rings is 1. The number of nitrogens with zero attached hydrogens (tertiary/aromatic N) is 3. The number of carbonyl (C=O) groups is 1. The average Bonchev–Trinajstić information content (AvgIpc) is 3.04. The fraction of sp³-hybridized carbons (Fsp3) is 0.657. The molecule has 1 aliphatic carbocycles. The number of H-pyrrole nitrogens is 1. The van der Waals surface area contributed by atoms with Gasteiger partial charge in [0.1, 0.15) is 18.5 Å². The van der Waals surface area contributed by atoms with Crippen LogP contribution in [-0.4, -0.2) is 117 Å². The summed E-state index contributed by atoms with van der Waals surface area (Å²) in [6.07, 6.45) is 3.62. The summed E-state index contributed by atoms with van der Waals surface area (Å²) in [7, 11) is 3.92. The molecule has 1 aromatic heterocycles. The second-order valence-electron chi connectivity index (χ2n) is 12.8. The number of pyridine rings is 1. The van der Waals surface area contributed by atoms with Crippen molar-refractivity contribution in [3.63, 3.8) is 0 Å². The number of nitrogens with one attached hydrogen (secondary N) is 2. The number of aryl methyl sites for hydroxylation is 2. The summed E-state index contributed by atoms with van der Waals surface area (Å²) < 4.78 is 16.9. The molecule has 1 unspecified atom stereocenters. The molecular weight excluding hydrogens is 586 g/mol. The normalized spacial score (nSPS) is 19.7. The van der Waals surface area contributed by atoms with E-state index in [1.807, 2.05) is 32.9 Å². The van der Waals surface area contributed by atoms with E-state index in [-0.39, 0.29) is 24.6 Å². The SMILES string of the molecule is CCN(c1cc(OCC(O)CN2CCOCC2)cc(C(=O)NCc2c(C)cc(C)[nH]c2=O)c1C)C1CCC(N(C)CCOC)CC1. The molecule has 1 atom stereocenters. The van der Waals surface area contributed by atoms with E-state index in [0.29, 0.717) is 48.7 Å². The van der Waals surface area contributed by atoms with Gasteiger partial charge >= 0.3 is 0 Å². The molecule has 46 heavy (non-hydrogen) atoms. The maximum atomic E-state index is 13.7. The molecule has 1 saturated carbocycles. The van der Waals surface area contributed by atoms with Crippen molar-refractivity contribution in [2.45, 2.75) is 78.1 Å². The van der Waals surface area contributed by atoms with E-state index in [1.54, 1.807) is 13.2 Å². The van der Waals surface area contributed by atoms with E-state index in [9.17, 15) is 14.7 Å². The Bertz CT molecular complexity index is 1340. The van der Waals surface area contributed by atoms with Crippen molar-refractivity contribution >= 4 is 11.6 Å². The van der Waals surface area contributed by atoms with Crippen molar-refractivity contribution in [2.75, 3.05) is 78.2 Å². The van der Waals surface area contributed by atoms with Crippen molar-refractivity contribution in [1.82, 2.24) is 20.1 Å². The van der Waals surface area contributed by atoms with E-state index in [2.05, 4.69) is 39.0 Å². The molecule has 11 heteroatoms. The van der Waals surface area contributed by atoms with E-state index < -0.39 is 6.10 Å². The molecule has 0 bridgehead atoms. The summed E-state index contributed by atoms with van der Waals surface area (Å²) in [6, 6.07) is 6.55. The maximum absolute atomic E-state index is 13.7. The first-order valence-electron chi connectivity index (χ1n) is 16.8. The molecule has 2 fully saturated rings. The van der Waals surface area contributed by atoms with Gasteiger partial charge in [-0.15, -0.1) is 0 Å². The highest BCUT2D eigenvalue weighted by molar-refractivity contribution is 5.97. The number of hydrogen-bond acceptors (Lipinski definition) is 9. The third kappa shape index (κ3) is 9.54. The van der Waals surface area contributed by atoms with Gasteiger partial charge in [0.2, 0.25) is 0 Å². The van der Waals surface area contributed by atoms with Crippen LogP contribution in [0.1, 0.15) is 65.3 Å². The van der Waals surface area contributed by atoms with Gasteiger partial charge in [-0.1, -0.05) is 0 Å². The molecule has 3 N–H and O–H groups in total. The first kappa shape index (κ1) is 35.9. The maximum Gasteiger partial charge on any atom is 0.253 e. The molecule has 2 aliphatic rings. The van der Waals surface area contributed by atoms with Gasteiger partial charge in [0, 0.05) is 87.0 Å². The van der Waals surface area contributed by atoms with E-state index in [4.69, 9.17) is 14.2 Å². The lowest BCUT2D eigenvalue weighted by Crippen LogP contribution is -2.44. The van der Waals surface area contributed by atoms with Crippen LogP contribution in [-0.2, 0) is 16.0 Å². The molecule has 4 rings (SSSR count). The van der Waals surface area contributed by atoms with Crippen molar-refractivity contribution in [2.24, 2.45) is 0 Å². The van der Waals surface area contributed by atoms with Crippen molar-refractivity contribution < 1.29 is 24.1 Å². The number of hydrogen-bond donors (Lipinski definition) is 3. The number of likely N-dealkylation sites (N-methyl/N-ethyl adjacent to an activating group) is 1. The van der Waals surface area contributed by atoms with Crippen LogP contribution in [0.4, 0.5) is 5.69 Å². The minimum Gasteiger partial charge on any atom is -0.491 e. The summed E-state index contributed by atoms with van der Waals surface area (Å²) >= 11 is 0. The Labute approximate surface area is 274 Å². The molecule has 11 nitrogen and oxygen atoms in total. The van der Waals surface area contributed by atoms with E-state index in [1.165, 1.54) is 0 Å². The first-order chi connectivity index (χ1) is 22.1. The molecule has 2 heterocycles. The largest absolute Gasteiger partial charge is 0.491 e. The highest BCUT2D eigenvalue weighted by Crippen LogP contribution is 2.35. The molecule has 2 aromatic rings. The first-order valence-corrected chi connectivity index (χ1v) is 16.8. The van der Waals surface area contributed by atoms with Crippen molar-refractivity contribution in [3.8, 4) is 5.75 Å². The van der Waals surface area contributed by atoms with Crippen LogP contribution in [0.5, 0.6) is 5.75 Å². The second kappa shape index (κ2) is 17.3. The quantitative estimate of drug-likeness (QED) is 0.270. The van der Waals surface area contributed by atoms with Gasteiger partial charge in [-0.25, -0.2) is 0 Å².